The minimum absolute atomic E-state index is 0.103. The summed E-state index contributed by atoms with van der Waals surface area (Å²) < 4.78 is 6.77. The van der Waals surface area contributed by atoms with Crippen LogP contribution < -0.4 is 10.3 Å². The number of nitrogens with one attached hydrogen (secondary N) is 1. The quantitative estimate of drug-likeness (QED) is 0.897. The molecule has 1 aromatic carbocycles. The van der Waals surface area contributed by atoms with Gasteiger partial charge in [-0.1, -0.05) is 44.5 Å². The molecule has 0 radical (unpaired) electrons. The van der Waals surface area contributed by atoms with Crippen LogP contribution in [-0.2, 0) is 18.4 Å². The molecule has 128 valence electrons. The van der Waals surface area contributed by atoms with Crippen molar-refractivity contribution in [3.63, 3.8) is 0 Å². The first-order valence-corrected chi connectivity index (χ1v) is 8.18. The zero-order valence-electron chi connectivity index (χ0n) is 14.4. The van der Waals surface area contributed by atoms with E-state index in [1.165, 1.54) is 0 Å². The molecule has 0 atom stereocenters. The molecule has 24 heavy (non-hydrogen) atoms. The maximum atomic E-state index is 12.8. The number of hydrogen-bond acceptors (Lipinski definition) is 3. The first-order valence-electron chi connectivity index (χ1n) is 7.80. The lowest BCUT2D eigenvalue weighted by atomic mass is 9.88. The smallest absolute Gasteiger partial charge is 0.270 e. The molecule has 0 aliphatic heterocycles. The Morgan fingerprint density at radius 2 is 2.08 bits per heavy atom. The fourth-order valence-electron chi connectivity index (χ4n) is 2.67. The van der Waals surface area contributed by atoms with E-state index in [1.807, 2.05) is 32.9 Å². The van der Waals surface area contributed by atoms with E-state index in [4.69, 9.17) is 21.6 Å². The molecule has 2 aromatic rings. The summed E-state index contributed by atoms with van der Waals surface area (Å²) in [6.07, 6.45) is 0.757. The van der Waals surface area contributed by atoms with Gasteiger partial charge in [-0.15, -0.1) is 0 Å². The highest BCUT2D eigenvalue weighted by Crippen LogP contribution is 2.29. The number of aromatic amines is 1. The number of benzene rings is 1. The first-order chi connectivity index (χ1) is 11.3. The normalized spacial score (nSPS) is 11.3. The van der Waals surface area contributed by atoms with Crippen molar-refractivity contribution in [1.29, 1.82) is 5.26 Å². The van der Waals surface area contributed by atoms with Crippen LogP contribution in [0.15, 0.2) is 23.0 Å². The molecule has 6 heteroatoms. The topological polar surface area (TPSA) is 70.8 Å². The summed E-state index contributed by atoms with van der Waals surface area (Å²) >= 11 is 6.33. The van der Waals surface area contributed by atoms with Gasteiger partial charge >= 0.3 is 0 Å². The average Bonchev–Trinajstić information content (AvgIpc) is 2.84. The van der Waals surface area contributed by atoms with Gasteiger partial charge in [-0.3, -0.25) is 9.89 Å². The third kappa shape index (κ3) is 3.65. The Morgan fingerprint density at radius 1 is 1.38 bits per heavy atom. The summed E-state index contributed by atoms with van der Waals surface area (Å²) in [7, 11) is 1.56. The van der Waals surface area contributed by atoms with Crippen LogP contribution in [0.4, 0.5) is 0 Å². The number of H-pyrrole nitrogens is 1. The Morgan fingerprint density at radius 3 is 2.67 bits per heavy atom. The highest BCUT2D eigenvalue weighted by Gasteiger charge is 2.24. The fourth-order valence-corrected chi connectivity index (χ4v) is 2.94. The van der Waals surface area contributed by atoms with Crippen molar-refractivity contribution in [3.05, 3.63) is 50.4 Å². The number of hydrogen-bond donors (Lipinski definition) is 1. The molecule has 0 spiro atoms. The maximum Gasteiger partial charge on any atom is 0.270 e. The molecule has 0 saturated carbocycles. The second kappa shape index (κ2) is 7.14. The van der Waals surface area contributed by atoms with Crippen molar-refractivity contribution in [2.45, 2.75) is 45.6 Å². The molecule has 0 saturated heterocycles. The largest absolute Gasteiger partial charge is 0.495 e. The Bertz CT molecular complexity index is 822. The second-order valence-corrected chi connectivity index (χ2v) is 7.08. The van der Waals surface area contributed by atoms with Crippen molar-refractivity contribution in [1.82, 2.24) is 9.78 Å². The van der Waals surface area contributed by atoms with E-state index in [9.17, 15) is 4.79 Å². The first kappa shape index (κ1) is 18.2. The van der Waals surface area contributed by atoms with Gasteiger partial charge in [0.05, 0.1) is 24.7 Å². The zero-order valence-corrected chi connectivity index (χ0v) is 15.2. The van der Waals surface area contributed by atoms with Crippen LogP contribution in [0, 0.1) is 11.3 Å². The van der Waals surface area contributed by atoms with Crippen LogP contribution in [0.2, 0.25) is 5.02 Å². The number of nitrogens with zero attached hydrogens (tertiary/aromatic N) is 2. The summed E-state index contributed by atoms with van der Waals surface area (Å²) in [6.45, 7) is 6.44. The number of aromatic nitrogens is 2. The number of ether oxygens (including phenoxy) is 1. The van der Waals surface area contributed by atoms with Crippen molar-refractivity contribution in [2.24, 2.45) is 0 Å². The maximum absolute atomic E-state index is 12.8. The highest BCUT2D eigenvalue weighted by molar-refractivity contribution is 6.32. The molecule has 0 bridgehead atoms. The van der Waals surface area contributed by atoms with Crippen LogP contribution in [0.25, 0.3) is 0 Å². The molecule has 0 amide bonds. The van der Waals surface area contributed by atoms with Crippen molar-refractivity contribution in [2.75, 3.05) is 7.11 Å². The number of halogens is 1. The molecule has 1 N–H and O–H groups in total. The van der Waals surface area contributed by atoms with Gasteiger partial charge in [-0.2, -0.15) is 5.26 Å². The Kier molecular flexibility index (Phi) is 5.40. The summed E-state index contributed by atoms with van der Waals surface area (Å²) in [5.41, 5.74) is 2.01. The van der Waals surface area contributed by atoms with Crippen LogP contribution in [0.1, 0.15) is 44.0 Å². The van der Waals surface area contributed by atoms with Crippen molar-refractivity contribution >= 4 is 11.6 Å². The number of rotatable bonds is 5. The summed E-state index contributed by atoms with van der Waals surface area (Å²) in [5.74, 6) is 0.578. The van der Waals surface area contributed by atoms with Gasteiger partial charge < -0.3 is 4.74 Å². The predicted molar refractivity (Wildman–Crippen MR) is 94.8 cm³/mol. The molecule has 1 heterocycles. The van der Waals surface area contributed by atoms with Gasteiger partial charge in [-0.05, 0) is 18.1 Å². The lowest BCUT2D eigenvalue weighted by Gasteiger charge is -2.18. The standard InChI is InChI=1S/C18H22ClN3O2/c1-18(2,3)16-13(8-6-10-20)17(23)22(21-16)11-12-7-5-9-14(24-4)15(12)19/h5,7,9,21H,6,8,11H2,1-4H3. The number of nitriles is 1. The third-order valence-electron chi connectivity index (χ3n) is 3.88. The number of methoxy groups -OCH3 is 1. The molecule has 0 aliphatic carbocycles. The molecular weight excluding hydrogens is 326 g/mol. The predicted octanol–water partition coefficient (Wildman–Crippen LogP) is 3.64. The van der Waals surface area contributed by atoms with E-state index in [2.05, 4.69) is 11.2 Å². The summed E-state index contributed by atoms with van der Waals surface area (Å²) in [6, 6.07) is 7.59. The molecule has 0 unspecified atom stereocenters. The van der Waals surface area contributed by atoms with Gasteiger partial charge in [-0.25, -0.2) is 4.68 Å². The third-order valence-corrected chi connectivity index (χ3v) is 4.31. The van der Waals surface area contributed by atoms with Crippen molar-refractivity contribution < 1.29 is 4.74 Å². The Hall–Kier alpha value is -2.19. The van der Waals surface area contributed by atoms with Gasteiger partial charge in [0.15, 0.2) is 0 Å². The van der Waals surface area contributed by atoms with Gasteiger partial charge in [0.25, 0.3) is 5.56 Å². The van der Waals surface area contributed by atoms with Crippen LogP contribution in [-0.4, -0.2) is 16.9 Å². The minimum atomic E-state index is -0.215. The summed E-state index contributed by atoms with van der Waals surface area (Å²) in [5, 5.41) is 12.6. The van der Waals surface area contributed by atoms with E-state index in [-0.39, 0.29) is 11.0 Å². The lowest BCUT2D eigenvalue weighted by molar-refractivity contribution is 0.414. The molecule has 2 rings (SSSR count). The molecule has 5 nitrogen and oxygen atoms in total. The van der Waals surface area contributed by atoms with Crippen molar-refractivity contribution in [3.8, 4) is 11.8 Å². The fraction of sp³-hybridized carbons (Fsp3) is 0.444. The zero-order chi connectivity index (χ0) is 17.9. The molecule has 1 aromatic heterocycles. The van der Waals surface area contributed by atoms with Gasteiger partial charge in [0.1, 0.15) is 5.75 Å². The van der Waals surface area contributed by atoms with E-state index in [1.54, 1.807) is 17.9 Å². The van der Waals surface area contributed by atoms with E-state index >= 15 is 0 Å². The summed E-state index contributed by atoms with van der Waals surface area (Å²) in [4.78, 5) is 12.8. The monoisotopic (exact) mass is 347 g/mol. The van der Waals surface area contributed by atoms with Crippen LogP contribution >= 0.6 is 11.6 Å². The molecular formula is C18H22ClN3O2. The second-order valence-electron chi connectivity index (χ2n) is 6.70. The van der Waals surface area contributed by atoms with Gasteiger partial charge in [0, 0.05) is 23.1 Å². The Balaban J connectivity index is 2.47. The van der Waals surface area contributed by atoms with Gasteiger partial charge in [0.2, 0.25) is 0 Å². The van der Waals surface area contributed by atoms with E-state index in [0.717, 1.165) is 11.3 Å². The average molecular weight is 348 g/mol. The molecule has 0 fully saturated rings. The van der Waals surface area contributed by atoms with E-state index < -0.39 is 0 Å². The SMILES string of the molecule is COc1cccc(Cn2[nH]c(C(C)(C)C)c(CCC#N)c2=O)c1Cl. The van der Waals surface area contributed by atoms with E-state index in [0.29, 0.717) is 35.7 Å². The highest BCUT2D eigenvalue weighted by atomic mass is 35.5. The Labute approximate surface area is 146 Å². The van der Waals surface area contributed by atoms with Crippen LogP contribution in [0.5, 0.6) is 5.75 Å². The lowest BCUT2D eigenvalue weighted by Crippen LogP contribution is -2.20. The minimum Gasteiger partial charge on any atom is -0.495 e. The van der Waals surface area contributed by atoms with Crippen LogP contribution in [0.3, 0.4) is 0 Å². The molecule has 0 aliphatic rings.